The molecule has 2 aromatic rings. The van der Waals surface area contributed by atoms with Crippen molar-refractivity contribution in [2.45, 2.75) is 19.8 Å². The molecule has 2 heterocycles. The zero-order valence-corrected chi connectivity index (χ0v) is 14.3. The van der Waals surface area contributed by atoms with Crippen molar-refractivity contribution in [1.29, 1.82) is 0 Å². The van der Waals surface area contributed by atoms with Crippen molar-refractivity contribution in [1.82, 2.24) is 15.3 Å². The highest BCUT2D eigenvalue weighted by Gasteiger charge is 2.15. The number of rotatable bonds is 6. The lowest BCUT2D eigenvalue weighted by Gasteiger charge is -2.13. The first-order chi connectivity index (χ1) is 10.1. The van der Waals surface area contributed by atoms with Gasteiger partial charge in [-0.15, -0.1) is 11.3 Å². The van der Waals surface area contributed by atoms with Crippen LogP contribution in [0.4, 0.5) is 5.82 Å². The SMILES string of the molecule is CCNc1ncc(Br)cc1C(=O)NCC(C)c1nccs1. The number of aromatic nitrogens is 2. The van der Waals surface area contributed by atoms with E-state index in [1.54, 1.807) is 29.8 Å². The first kappa shape index (κ1) is 15.9. The third kappa shape index (κ3) is 4.25. The van der Waals surface area contributed by atoms with Gasteiger partial charge in [0.25, 0.3) is 5.91 Å². The number of anilines is 1. The third-order valence-corrected chi connectivity index (χ3v) is 4.33. The summed E-state index contributed by atoms with van der Waals surface area (Å²) in [5.41, 5.74) is 0.539. The van der Waals surface area contributed by atoms with Gasteiger partial charge >= 0.3 is 0 Å². The van der Waals surface area contributed by atoms with Gasteiger partial charge in [-0.25, -0.2) is 9.97 Å². The Morgan fingerprint density at radius 1 is 1.48 bits per heavy atom. The number of carbonyl (C=O) groups is 1. The number of nitrogens with zero attached hydrogens (tertiary/aromatic N) is 2. The van der Waals surface area contributed by atoms with E-state index in [1.165, 1.54) is 0 Å². The van der Waals surface area contributed by atoms with Crippen molar-refractivity contribution < 1.29 is 4.79 Å². The molecule has 0 aliphatic heterocycles. The first-order valence-electron chi connectivity index (χ1n) is 6.68. The number of amides is 1. The van der Waals surface area contributed by atoms with Crippen molar-refractivity contribution in [3.8, 4) is 0 Å². The van der Waals surface area contributed by atoms with Crippen LogP contribution in [-0.2, 0) is 0 Å². The van der Waals surface area contributed by atoms with Gasteiger partial charge in [0.2, 0.25) is 0 Å². The van der Waals surface area contributed by atoms with E-state index in [0.717, 1.165) is 9.48 Å². The maximum atomic E-state index is 12.3. The number of thiazole rings is 1. The Balaban J connectivity index is 2.04. The summed E-state index contributed by atoms with van der Waals surface area (Å²) < 4.78 is 0.780. The van der Waals surface area contributed by atoms with Gasteiger partial charge in [0, 0.05) is 41.3 Å². The lowest BCUT2D eigenvalue weighted by molar-refractivity contribution is 0.0952. The second-order valence-corrected chi connectivity index (χ2v) is 6.40. The minimum absolute atomic E-state index is 0.136. The molecule has 0 aliphatic carbocycles. The van der Waals surface area contributed by atoms with Crippen molar-refractivity contribution in [2.24, 2.45) is 0 Å². The molecule has 0 aliphatic rings. The van der Waals surface area contributed by atoms with E-state index < -0.39 is 0 Å². The average Bonchev–Trinajstić information content (AvgIpc) is 3.01. The van der Waals surface area contributed by atoms with Crippen LogP contribution in [0.2, 0.25) is 0 Å². The summed E-state index contributed by atoms with van der Waals surface area (Å²) in [7, 11) is 0. The van der Waals surface area contributed by atoms with E-state index in [-0.39, 0.29) is 11.8 Å². The monoisotopic (exact) mass is 368 g/mol. The summed E-state index contributed by atoms with van der Waals surface area (Å²) in [4.78, 5) is 20.8. The molecule has 21 heavy (non-hydrogen) atoms. The maximum Gasteiger partial charge on any atom is 0.255 e. The smallest absolute Gasteiger partial charge is 0.255 e. The lowest BCUT2D eigenvalue weighted by Crippen LogP contribution is -2.28. The number of hydrogen-bond donors (Lipinski definition) is 2. The number of hydrogen-bond acceptors (Lipinski definition) is 5. The van der Waals surface area contributed by atoms with E-state index in [4.69, 9.17) is 0 Å². The van der Waals surface area contributed by atoms with Crippen LogP contribution in [0, 0.1) is 0 Å². The van der Waals surface area contributed by atoms with Crippen LogP contribution < -0.4 is 10.6 Å². The van der Waals surface area contributed by atoms with Crippen LogP contribution >= 0.6 is 27.3 Å². The van der Waals surface area contributed by atoms with Gasteiger partial charge < -0.3 is 10.6 Å². The molecule has 2 rings (SSSR count). The molecular formula is C14H17BrN4OS. The van der Waals surface area contributed by atoms with Crippen molar-refractivity contribution in [3.63, 3.8) is 0 Å². The standard InChI is InChI=1S/C14H17BrN4OS/c1-3-16-12-11(6-10(15)8-18-12)13(20)19-7-9(2)14-17-4-5-21-14/h4-6,8-9H,3,7H2,1-2H3,(H,16,18)(H,19,20). The van der Waals surface area contributed by atoms with Crippen LogP contribution in [0.1, 0.15) is 35.1 Å². The molecule has 0 saturated heterocycles. The second-order valence-electron chi connectivity index (χ2n) is 4.56. The fourth-order valence-corrected chi connectivity index (χ4v) is 2.86. The molecule has 7 heteroatoms. The quantitative estimate of drug-likeness (QED) is 0.820. The van der Waals surface area contributed by atoms with Crippen LogP contribution in [-0.4, -0.2) is 29.0 Å². The van der Waals surface area contributed by atoms with Crippen molar-refractivity contribution in [3.05, 3.63) is 38.9 Å². The molecule has 0 aromatic carbocycles. The Kier molecular flexibility index (Phi) is 5.69. The summed E-state index contributed by atoms with van der Waals surface area (Å²) in [6.07, 6.45) is 3.45. The molecule has 0 saturated carbocycles. The highest BCUT2D eigenvalue weighted by atomic mass is 79.9. The van der Waals surface area contributed by atoms with Crippen LogP contribution in [0.25, 0.3) is 0 Å². The number of halogens is 1. The minimum Gasteiger partial charge on any atom is -0.370 e. The topological polar surface area (TPSA) is 66.9 Å². The van der Waals surface area contributed by atoms with E-state index in [9.17, 15) is 4.79 Å². The molecule has 112 valence electrons. The van der Waals surface area contributed by atoms with E-state index in [2.05, 4.69) is 36.5 Å². The van der Waals surface area contributed by atoms with Crippen LogP contribution in [0.15, 0.2) is 28.3 Å². The Labute approximate surface area is 136 Å². The molecule has 0 spiro atoms. The predicted octanol–water partition coefficient (Wildman–Crippen LogP) is 3.27. The van der Waals surface area contributed by atoms with Crippen molar-refractivity contribution >= 4 is 39.0 Å². The van der Waals surface area contributed by atoms with E-state index >= 15 is 0 Å². The zero-order chi connectivity index (χ0) is 15.2. The number of pyridine rings is 1. The Morgan fingerprint density at radius 3 is 2.95 bits per heavy atom. The number of carbonyl (C=O) groups excluding carboxylic acids is 1. The van der Waals surface area contributed by atoms with Gasteiger partial charge in [0.05, 0.1) is 10.6 Å². The van der Waals surface area contributed by atoms with E-state index in [1.807, 2.05) is 19.2 Å². The Hall–Kier alpha value is -1.47. The zero-order valence-electron chi connectivity index (χ0n) is 11.9. The summed E-state index contributed by atoms with van der Waals surface area (Å²) in [6, 6.07) is 1.77. The molecule has 1 atom stereocenters. The summed E-state index contributed by atoms with van der Waals surface area (Å²) >= 11 is 4.95. The van der Waals surface area contributed by atoms with Gasteiger partial charge in [-0.05, 0) is 28.9 Å². The highest BCUT2D eigenvalue weighted by Crippen LogP contribution is 2.19. The third-order valence-electron chi connectivity index (χ3n) is 2.88. The Bertz CT molecular complexity index is 603. The second kappa shape index (κ2) is 7.51. The molecule has 2 N–H and O–H groups in total. The van der Waals surface area contributed by atoms with Gasteiger partial charge in [-0.1, -0.05) is 6.92 Å². The summed E-state index contributed by atoms with van der Waals surface area (Å²) in [6.45, 7) is 5.27. The summed E-state index contributed by atoms with van der Waals surface area (Å²) in [5, 5.41) is 9.00. The minimum atomic E-state index is -0.136. The van der Waals surface area contributed by atoms with Gasteiger partial charge in [-0.3, -0.25) is 4.79 Å². The highest BCUT2D eigenvalue weighted by molar-refractivity contribution is 9.10. The average molecular weight is 369 g/mol. The fraction of sp³-hybridized carbons (Fsp3) is 0.357. The summed E-state index contributed by atoms with van der Waals surface area (Å²) in [5.74, 6) is 0.653. The lowest BCUT2D eigenvalue weighted by atomic mass is 10.2. The van der Waals surface area contributed by atoms with Gasteiger partial charge in [-0.2, -0.15) is 0 Å². The molecule has 2 aromatic heterocycles. The largest absolute Gasteiger partial charge is 0.370 e. The molecule has 1 amide bonds. The number of nitrogens with one attached hydrogen (secondary N) is 2. The predicted molar refractivity (Wildman–Crippen MR) is 89.0 cm³/mol. The van der Waals surface area contributed by atoms with Crippen molar-refractivity contribution in [2.75, 3.05) is 18.4 Å². The van der Waals surface area contributed by atoms with Gasteiger partial charge in [0.15, 0.2) is 0 Å². The molecule has 1 unspecified atom stereocenters. The van der Waals surface area contributed by atoms with Crippen LogP contribution in [0.5, 0.6) is 0 Å². The van der Waals surface area contributed by atoms with Gasteiger partial charge in [0.1, 0.15) is 5.82 Å². The van der Waals surface area contributed by atoms with Crippen LogP contribution in [0.3, 0.4) is 0 Å². The molecule has 0 radical (unpaired) electrons. The van der Waals surface area contributed by atoms with E-state index in [0.29, 0.717) is 24.5 Å². The molecule has 0 fully saturated rings. The fourth-order valence-electron chi connectivity index (χ4n) is 1.83. The Morgan fingerprint density at radius 2 is 2.29 bits per heavy atom. The first-order valence-corrected chi connectivity index (χ1v) is 8.36. The normalized spacial score (nSPS) is 12.0. The molecule has 0 bridgehead atoms. The maximum absolute atomic E-state index is 12.3. The molecule has 5 nitrogen and oxygen atoms in total. The molecular weight excluding hydrogens is 352 g/mol.